The smallest absolute Gasteiger partial charge is 0.376 e. The lowest BCUT2D eigenvalue weighted by molar-refractivity contribution is 0.258. The Hall–Kier alpha value is -0.915. The van der Waals surface area contributed by atoms with E-state index in [2.05, 4.69) is 0 Å². The molecule has 0 aromatic heterocycles. The summed E-state index contributed by atoms with van der Waals surface area (Å²) in [4.78, 5) is 5.71. The number of rotatable bonds is 16. The molecule has 0 aliphatic rings. The van der Waals surface area contributed by atoms with Crippen LogP contribution >= 0.6 is 0 Å². The molecule has 0 saturated heterocycles. The fourth-order valence-corrected chi connectivity index (χ4v) is 4.25. The third kappa shape index (κ3) is 10.3. The summed E-state index contributed by atoms with van der Waals surface area (Å²) in [5.41, 5.74) is 0.969. The Labute approximate surface area is 194 Å². The molecule has 0 saturated carbocycles. The lowest BCUT2D eigenvalue weighted by Crippen LogP contribution is -2.50. The van der Waals surface area contributed by atoms with E-state index in [1.165, 1.54) is 12.1 Å². The van der Waals surface area contributed by atoms with Crippen molar-refractivity contribution in [1.82, 2.24) is 14.4 Å². The molecule has 0 spiro atoms. The number of aryl methyl sites for hydroxylation is 1. The van der Waals surface area contributed by atoms with Gasteiger partial charge in [0.2, 0.25) is 0 Å². The van der Waals surface area contributed by atoms with Gasteiger partial charge in [-0.25, -0.2) is 0 Å². The molecule has 1 rings (SSSR count). The maximum absolute atomic E-state index is 12.3. The molecule has 180 valence electrons. The van der Waals surface area contributed by atoms with Crippen LogP contribution in [0.4, 0.5) is 0 Å². The summed E-state index contributed by atoms with van der Waals surface area (Å²) < 4.78 is 29.7. The highest BCUT2D eigenvalue weighted by molar-refractivity contribution is 7.86. The van der Waals surface area contributed by atoms with Gasteiger partial charge in [0.25, 0.3) is 10.1 Å². The quantitative estimate of drug-likeness (QED) is 0.179. The van der Waals surface area contributed by atoms with E-state index < -0.39 is 31.3 Å². The molecule has 0 aliphatic carbocycles. The van der Waals surface area contributed by atoms with E-state index in [1.54, 1.807) is 32.6 Å². The highest BCUT2D eigenvalue weighted by atomic mass is 32.2. The molecule has 1 aromatic carbocycles. The van der Waals surface area contributed by atoms with Crippen molar-refractivity contribution in [2.45, 2.75) is 45.6 Å². The fourth-order valence-electron chi connectivity index (χ4n) is 3.30. The predicted octanol–water partition coefficient (Wildman–Crippen LogP) is 0.347. The minimum absolute atomic E-state index is 0.0133. The molecule has 0 radical (unpaired) electrons. The van der Waals surface area contributed by atoms with Crippen LogP contribution in [0.15, 0.2) is 29.2 Å². The Bertz CT molecular complexity index is 753. The average Bonchev–Trinajstić information content (AvgIpc) is 2.71. The predicted molar refractivity (Wildman–Crippen MR) is 131 cm³/mol. The minimum atomic E-state index is -3.80. The molecule has 3 N–H and O–H groups in total. The zero-order chi connectivity index (χ0) is 24.3. The SMILES string of the molecule is CCN(CCN(CCN(CCCOS(=O)(=O)c1ccc(C)cc1)B(C)O)B(C)O)B(C)O. The number of hydrogen-bond acceptors (Lipinski definition) is 9. The molecule has 9 nitrogen and oxygen atoms in total. The third-order valence-corrected chi connectivity index (χ3v) is 6.80. The molecule has 0 amide bonds. The molecular weight excluding hydrogens is 431 g/mol. The van der Waals surface area contributed by atoms with E-state index in [9.17, 15) is 23.5 Å². The molecule has 13 heteroatoms. The van der Waals surface area contributed by atoms with Gasteiger partial charge in [0, 0.05) is 26.2 Å². The van der Waals surface area contributed by atoms with Crippen LogP contribution in [0.2, 0.25) is 20.5 Å². The van der Waals surface area contributed by atoms with Crippen molar-refractivity contribution in [1.29, 1.82) is 0 Å². The van der Waals surface area contributed by atoms with Gasteiger partial charge >= 0.3 is 21.2 Å². The molecule has 0 bridgehead atoms. The Kier molecular flexibility index (Phi) is 13.1. The summed E-state index contributed by atoms with van der Waals surface area (Å²) in [6, 6.07) is 6.49. The van der Waals surface area contributed by atoms with Gasteiger partial charge in [-0.1, -0.05) is 24.6 Å². The van der Waals surface area contributed by atoms with E-state index in [1.807, 2.05) is 28.3 Å². The molecule has 32 heavy (non-hydrogen) atoms. The number of hydrogen-bond donors (Lipinski definition) is 3. The summed E-state index contributed by atoms with van der Waals surface area (Å²) in [5, 5.41) is 30.0. The zero-order valence-electron chi connectivity index (χ0n) is 20.0. The summed E-state index contributed by atoms with van der Waals surface area (Å²) in [6.07, 6.45) is 0.427. The molecule has 0 atom stereocenters. The molecule has 0 aliphatic heterocycles. The largest absolute Gasteiger partial charge is 0.437 e. The van der Waals surface area contributed by atoms with Crippen LogP contribution in [-0.2, 0) is 14.3 Å². The minimum Gasteiger partial charge on any atom is -0.437 e. The molecule has 0 fully saturated rings. The van der Waals surface area contributed by atoms with Gasteiger partial charge in [0.05, 0.1) is 11.5 Å². The van der Waals surface area contributed by atoms with Gasteiger partial charge in [-0.05, 0) is 59.0 Å². The first kappa shape index (κ1) is 29.1. The van der Waals surface area contributed by atoms with Gasteiger partial charge in [-0.3, -0.25) is 4.18 Å². The lowest BCUT2D eigenvalue weighted by atomic mass is 9.82. The average molecular weight is 469 g/mol. The van der Waals surface area contributed by atoms with E-state index in [0.29, 0.717) is 45.7 Å². The maximum atomic E-state index is 12.3. The van der Waals surface area contributed by atoms with Crippen LogP contribution in [0.1, 0.15) is 18.9 Å². The Morgan fingerprint density at radius 1 is 0.812 bits per heavy atom. The molecule has 0 unspecified atom stereocenters. The van der Waals surface area contributed by atoms with Crippen molar-refractivity contribution < 1.29 is 27.7 Å². The second-order valence-corrected chi connectivity index (χ2v) is 9.65. The van der Waals surface area contributed by atoms with Crippen molar-refractivity contribution >= 4 is 31.3 Å². The molecule has 0 heterocycles. The number of likely N-dealkylation sites (N-methyl/N-ethyl adjacent to an activating group) is 1. The Balaban J connectivity index is 2.52. The molecule has 1 aromatic rings. The second-order valence-electron chi connectivity index (χ2n) is 8.04. The van der Waals surface area contributed by atoms with E-state index in [0.717, 1.165) is 5.56 Å². The van der Waals surface area contributed by atoms with Gasteiger partial charge in [-0.15, -0.1) is 0 Å². The van der Waals surface area contributed by atoms with Crippen molar-refractivity contribution in [2.24, 2.45) is 0 Å². The Morgan fingerprint density at radius 3 is 1.69 bits per heavy atom. The standard InChI is InChI=1S/C19H38B3N3O6S/c1-6-23(20(3)26)13-14-25(22(5)28)16-15-24(21(4)27)12-7-17-31-32(29,30)19-10-8-18(2)9-11-19/h8-11,26-28H,6-7,12-17H2,1-5H3. The summed E-state index contributed by atoms with van der Waals surface area (Å²) in [6.45, 7) is 12.3. The van der Waals surface area contributed by atoms with Crippen molar-refractivity contribution in [3.05, 3.63) is 29.8 Å². The van der Waals surface area contributed by atoms with Crippen LogP contribution in [0.25, 0.3) is 0 Å². The van der Waals surface area contributed by atoms with Gasteiger partial charge in [0.15, 0.2) is 0 Å². The van der Waals surface area contributed by atoms with Gasteiger partial charge < -0.3 is 29.5 Å². The van der Waals surface area contributed by atoms with E-state index >= 15 is 0 Å². The monoisotopic (exact) mass is 469 g/mol. The topological polar surface area (TPSA) is 114 Å². The lowest BCUT2D eigenvalue weighted by Gasteiger charge is -2.31. The summed E-state index contributed by atoms with van der Waals surface area (Å²) >= 11 is 0. The van der Waals surface area contributed by atoms with Crippen molar-refractivity contribution in [3.8, 4) is 0 Å². The summed E-state index contributed by atoms with van der Waals surface area (Å²) in [7, 11) is -5.74. The zero-order valence-corrected chi connectivity index (χ0v) is 20.8. The van der Waals surface area contributed by atoms with E-state index in [4.69, 9.17) is 4.18 Å². The van der Waals surface area contributed by atoms with Gasteiger partial charge in [0.1, 0.15) is 0 Å². The first-order valence-corrected chi connectivity index (χ1v) is 12.6. The molecular formula is C19H38B3N3O6S. The highest BCUT2D eigenvalue weighted by Gasteiger charge is 2.23. The fraction of sp³-hybridized carbons (Fsp3) is 0.684. The third-order valence-electron chi connectivity index (χ3n) is 5.48. The van der Waals surface area contributed by atoms with Crippen molar-refractivity contribution in [3.63, 3.8) is 0 Å². The highest BCUT2D eigenvalue weighted by Crippen LogP contribution is 2.13. The van der Waals surface area contributed by atoms with Crippen LogP contribution in [0, 0.1) is 6.92 Å². The first-order chi connectivity index (χ1) is 15.0. The van der Waals surface area contributed by atoms with Crippen molar-refractivity contribution in [2.75, 3.05) is 45.9 Å². The second kappa shape index (κ2) is 14.4. The number of nitrogens with zero attached hydrogens (tertiary/aromatic N) is 3. The van der Waals surface area contributed by atoms with Gasteiger partial charge in [-0.2, -0.15) is 8.42 Å². The normalized spacial score (nSPS) is 12.1. The van der Waals surface area contributed by atoms with E-state index in [-0.39, 0.29) is 11.5 Å². The van der Waals surface area contributed by atoms with Crippen LogP contribution in [0.3, 0.4) is 0 Å². The Morgan fingerprint density at radius 2 is 1.25 bits per heavy atom. The summed E-state index contributed by atoms with van der Waals surface area (Å²) in [5.74, 6) is 0. The maximum Gasteiger partial charge on any atom is 0.376 e. The first-order valence-electron chi connectivity index (χ1n) is 11.2. The number of benzene rings is 1. The van der Waals surface area contributed by atoms with Crippen LogP contribution in [0.5, 0.6) is 0 Å². The van der Waals surface area contributed by atoms with Crippen LogP contribution in [-0.4, -0.2) is 105 Å². The van der Waals surface area contributed by atoms with Crippen LogP contribution < -0.4 is 0 Å².